The Hall–Kier alpha value is -1.23. The van der Waals surface area contributed by atoms with Crippen LogP contribution in [0.25, 0.3) is 0 Å². The SMILES string of the molecule is NS(=O)(=O)c1ccc([S@](=O)c2ccc(C(F)(F)F)cc2)s1. The Morgan fingerprint density at radius 3 is 2.05 bits per heavy atom. The zero-order valence-corrected chi connectivity index (χ0v) is 12.6. The van der Waals surface area contributed by atoms with E-state index in [2.05, 4.69) is 0 Å². The summed E-state index contributed by atoms with van der Waals surface area (Å²) < 4.78 is 71.7. The summed E-state index contributed by atoms with van der Waals surface area (Å²) in [6, 6.07) is 6.35. The van der Waals surface area contributed by atoms with E-state index in [9.17, 15) is 25.8 Å². The lowest BCUT2D eigenvalue weighted by Gasteiger charge is -2.06. The van der Waals surface area contributed by atoms with Gasteiger partial charge in [-0.1, -0.05) is 0 Å². The summed E-state index contributed by atoms with van der Waals surface area (Å²) in [6.07, 6.45) is -4.47. The molecule has 21 heavy (non-hydrogen) atoms. The summed E-state index contributed by atoms with van der Waals surface area (Å²) in [5, 5.41) is 4.94. The van der Waals surface area contributed by atoms with Crippen molar-refractivity contribution < 1.29 is 25.8 Å². The van der Waals surface area contributed by atoms with Gasteiger partial charge in [0.1, 0.15) is 4.21 Å². The van der Waals surface area contributed by atoms with E-state index in [1.165, 1.54) is 12.1 Å². The Morgan fingerprint density at radius 2 is 1.62 bits per heavy atom. The molecular weight excluding hydrogens is 347 g/mol. The minimum Gasteiger partial charge on any atom is -0.248 e. The maximum absolute atomic E-state index is 12.4. The highest BCUT2D eigenvalue weighted by atomic mass is 32.3. The summed E-state index contributed by atoms with van der Waals surface area (Å²) >= 11 is 0.717. The standard InChI is InChI=1S/C11H8F3NO3S3/c12-11(13,14)7-1-3-8(4-2-7)20(16)9-5-6-10(19-9)21(15,17)18/h1-6H,(H2,15,17,18)/t20-/m1/s1. The number of halogens is 3. The summed E-state index contributed by atoms with van der Waals surface area (Å²) in [4.78, 5) is 0.144. The first-order valence-electron chi connectivity index (χ1n) is 5.31. The van der Waals surface area contributed by atoms with Crippen molar-refractivity contribution in [3.05, 3.63) is 42.0 Å². The van der Waals surface area contributed by atoms with Crippen LogP contribution in [-0.2, 0) is 27.0 Å². The lowest BCUT2D eigenvalue weighted by Crippen LogP contribution is -2.09. The molecule has 2 aromatic rings. The third kappa shape index (κ3) is 3.70. The Labute approximate surface area is 124 Å². The quantitative estimate of drug-likeness (QED) is 0.919. The molecule has 0 aliphatic rings. The van der Waals surface area contributed by atoms with Crippen LogP contribution in [0, 0.1) is 0 Å². The van der Waals surface area contributed by atoms with Crippen molar-refractivity contribution in [1.29, 1.82) is 0 Å². The number of hydrogen-bond acceptors (Lipinski definition) is 4. The van der Waals surface area contributed by atoms with Crippen molar-refractivity contribution in [3.63, 3.8) is 0 Å². The van der Waals surface area contributed by atoms with Gasteiger partial charge in [0, 0.05) is 4.90 Å². The van der Waals surface area contributed by atoms with Crippen molar-refractivity contribution in [2.24, 2.45) is 5.14 Å². The smallest absolute Gasteiger partial charge is 0.248 e. The number of alkyl halides is 3. The average Bonchev–Trinajstić information content (AvgIpc) is 2.86. The highest BCUT2D eigenvalue weighted by molar-refractivity contribution is 7.92. The number of thiophene rings is 1. The topological polar surface area (TPSA) is 77.2 Å². The molecule has 1 aromatic heterocycles. The minimum atomic E-state index is -4.47. The van der Waals surface area contributed by atoms with E-state index in [-0.39, 0.29) is 13.3 Å². The van der Waals surface area contributed by atoms with Gasteiger partial charge in [-0.3, -0.25) is 0 Å². The number of rotatable bonds is 3. The number of primary sulfonamides is 1. The van der Waals surface area contributed by atoms with Crippen LogP contribution >= 0.6 is 11.3 Å². The number of benzene rings is 1. The molecule has 1 atom stereocenters. The fourth-order valence-electron chi connectivity index (χ4n) is 1.44. The Morgan fingerprint density at radius 1 is 1.05 bits per heavy atom. The lowest BCUT2D eigenvalue weighted by molar-refractivity contribution is -0.137. The molecule has 0 bridgehead atoms. The van der Waals surface area contributed by atoms with Crippen molar-refractivity contribution >= 4 is 32.2 Å². The predicted molar refractivity (Wildman–Crippen MR) is 71.8 cm³/mol. The van der Waals surface area contributed by atoms with E-state index in [1.807, 2.05) is 0 Å². The van der Waals surface area contributed by atoms with E-state index >= 15 is 0 Å². The van der Waals surface area contributed by atoms with Crippen LogP contribution in [0.2, 0.25) is 0 Å². The molecule has 4 nitrogen and oxygen atoms in total. The summed E-state index contributed by atoms with van der Waals surface area (Å²) in [5.41, 5.74) is -0.848. The number of sulfonamides is 1. The van der Waals surface area contributed by atoms with Crippen molar-refractivity contribution in [3.8, 4) is 0 Å². The molecule has 0 aliphatic carbocycles. The van der Waals surface area contributed by atoms with Gasteiger partial charge in [-0.2, -0.15) is 13.2 Å². The molecule has 114 valence electrons. The minimum absolute atomic E-state index is 0.144. The first kappa shape index (κ1) is 16.1. The van der Waals surface area contributed by atoms with Crippen molar-refractivity contribution in [2.45, 2.75) is 19.5 Å². The summed E-state index contributed by atoms with van der Waals surface area (Å²) in [6.45, 7) is 0. The van der Waals surface area contributed by atoms with Crippen LogP contribution in [0.15, 0.2) is 49.7 Å². The molecule has 0 fully saturated rings. The molecule has 10 heteroatoms. The van der Waals surface area contributed by atoms with Crippen molar-refractivity contribution in [2.75, 3.05) is 0 Å². The van der Waals surface area contributed by atoms with Crippen LogP contribution in [0.4, 0.5) is 13.2 Å². The highest BCUT2D eigenvalue weighted by Gasteiger charge is 2.30. The molecule has 0 amide bonds. The molecular formula is C11H8F3NO3S3. The van der Waals surface area contributed by atoms with Crippen LogP contribution in [0.1, 0.15) is 5.56 Å². The largest absolute Gasteiger partial charge is 0.416 e. The van der Waals surface area contributed by atoms with Crippen LogP contribution in [-0.4, -0.2) is 12.6 Å². The fourth-order valence-corrected chi connectivity index (χ4v) is 4.73. The van der Waals surface area contributed by atoms with E-state index in [1.54, 1.807) is 0 Å². The van der Waals surface area contributed by atoms with Crippen LogP contribution in [0.5, 0.6) is 0 Å². The second-order valence-corrected chi connectivity index (χ2v) is 8.49. The van der Waals surface area contributed by atoms with Gasteiger partial charge in [0.15, 0.2) is 0 Å². The second kappa shape index (κ2) is 5.52. The van der Waals surface area contributed by atoms with Gasteiger partial charge in [-0.05, 0) is 36.4 Å². The first-order chi connectivity index (χ1) is 9.59. The second-order valence-electron chi connectivity index (χ2n) is 3.91. The molecule has 1 heterocycles. The van der Waals surface area contributed by atoms with Gasteiger partial charge < -0.3 is 0 Å². The number of nitrogens with two attached hydrogens (primary N) is 1. The highest BCUT2D eigenvalue weighted by Crippen LogP contribution is 2.31. The predicted octanol–water partition coefficient (Wildman–Crippen LogP) is 2.58. The maximum Gasteiger partial charge on any atom is 0.416 e. The third-order valence-electron chi connectivity index (χ3n) is 2.42. The summed E-state index contributed by atoms with van der Waals surface area (Å²) in [5.74, 6) is 0. The van der Waals surface area contributed by atoms with Gasteiger partial charge in [0.25, 0.3) is 0 Å². The zero-order chi connectivity index (χ0) is 15.8. The molecule has 0 radical (unpaired) electrons. The molecule has 0 saturated carbocycles. The Bertz CT molecular complexity index is 779. The van der Waals surface area contributed by atoms with Crippen molar-refractivity contribution in [1.82, 2.24) is 0 Å². The van der Waals surface area contributed by atoms with Gasteiger partial charge in [0.05, 0.1) is 20.6 Å². The Balaban J connectivity index is 2.30. The van der Waals surface area contributed by atoms with Gasteiger partial charge >= 0.3 is 6.18 Å². The van der Waals surface area contributed by atoms with Crippen LogP contribution in [0.3, 0.4) is 0 Å². The van der Waals surface area contributed by atoms with Gasteiger partial charge in [0.2, 0.25) is 10.0 Å². The Kier molecular flexibility index (Phi) is 4.24. The van der Waals surface area contributed by atoms with E-state index in [0.29, 0.717) is 0 Å². The van der Waals surface area contributed by atoms with E-state index in [4.69, 9.17) is 5.14 Å². The normalized spacial score (nSPS) is 14.1. The molecule has 0 spiro atoms. The molecule has 0 aliphatic heterocycles. The van der Waals surface area contributed by atoms with Crippen LogP contribution < -0.4 is 5.14 Å². The van der Waals surface area contributed by atoms with Gasteiger partial charge in [-0.25, -0.2) is 17.8 Å². The zero-order valence-electron chi connectivity index (χ0n) is 10.1. The van der Waals surface area contributed by atoms with Gasteiger partial charge in [-0.15, -0.1) is 11.3 Å². The number of hydrogen-bond donors (Lipinski definition) is 1. The molecule has 2 N–H and O–H groups in total. The van der Waals surface area contributed by atoms with E-state index in [0.717, 1.165) is 35.6 Å². The average molecular weight is 355 g/mol. The lowest BCUT2D eigenvalue weighted by atomic mass is 10.2. The monoisotopic (exact) mass is 355 g/mol. The maximum atomic E-state index is 12.4. The molecule has 0 saturated heterocycles. The fraction of sp³-hybridized carbons (Fsp3) is 0.0909. The molecule has 0 unspecified atom stereocenters. The molecule has 2 rings (SSSR count). The first-order valence-corrected chi connectivity index (χ1v) is 8.82. The summed E-state index contributed by atoms with van der Waals surface area (Å²) in [7, 11) is -5.65. The van der Waals surface area contributed by atoms with E-state index < -0.39 is 32.6 Å². The third-order valence-corrected chi connectivity index (χ3v) is 6.64. The molecule has 1 aromatic carbocycles.